The van der Waals surface area contributed by atoms with Crippen LogP contribution in [0.5, 0.6) is 0 Å². The van der Waals surface area contributed by atoms with E-state index in [1.807, 2.05) is 57.2 Å². The summed E-state index contributed by atoms with van der Waals surface area (Å²) in [6.45, 7) is 12.4. The lowest BCUT2D eigenvalue weighted by Gasteiger charge is -2.02. The van der Waals surface area contributed by atoms with Gasteiger partial charge in [0.1, 0.15) is 6.73 Å². The van der Waals surface area contributed by atoms with Crippen LogP contribution in [0.4, 0.5) is 0 Å². The molecule has 2 aromatic carbocycles. The smallest absolute Gasteiger partial charge is 0.136 e. The van der Waals surface area contributed by atoms with Crippen LogP contribution in [0.3, 0.4) is 0 Å². The van der Waals surface area contributed by atoms with Gasteiger partial charge in [-0.25, -0.2) is 4.68 Å². The molecule has 0 bridgehead atoms. The molecule has 5 nitrogen and oxygen atoms in total. The summed E-state index contributed by atoms with van der Waals surface area (Å²) in [7, 11) is 7.00. The molecule has 196 valence electrons. The number of aliphatic hydroxyl groups is 2. The van der Waals surface area contributed by atoms with E-state index in [-0.39, 0.29) is 6.73 Å². The maximum atomic E-state index is 8.95. The summed E-state index contributed by atoms with van der Waals surface area (Å²) < 4.78 is 1.59. The number of benzene rings is 2. The molecule has 0 amide bonds. The Morgan fingerprint density at radius 1 is 0.914 bits per heavy atom. The van der Waals surface area contributed by atoms with Crippen LogP contribution in [0.15, 0.2) is 60.7 Å². The van der Waals surface area contributed by atoms with Gasteiger partial charge < -0.3 is 15.1 Å². The number of hydrogen-bond donors (Lipinski definition) is 2. The van der Waals surface area contributed by atoms with E-state index < -0.39 is 0 Å². The third kappa shape index (κ3) is 14.5. The van der Waals surface area contributed by atoms with Crippen LogP contribution in [0, 0.1) is 26.7 Å². The number of allylic oxidation sites excluding steroid dienone is 1. The van der Waals surface area contributed by atoms with E-state index in [4.69, 9.17) is 10.2 Å². The average molecular weight is 484 g/mol. The molecular formula is C30H49N3O2. The van der Waals surface area contributed by atoms with Crippen molar-refractivity contribution in [1.82, 2.24) is 14.7 Å². The van der Waals surface area contributed by atoms with Crippen LogP contribution in [-0.2, 0) is 6.73 Å². The van der Waals surface area contributed by atoms with Crippen molar-refractivity contribution in [2.45, 2.75) is 66.5 Å². The monoisotopic (exact) mass is 483 g/mol. The molecule has 5 heteroatoms. The molecule has 1 unspecified atom stereocenters. The zero-order chi connectivity index (χ0) is 26.8. The van der Waals surface area contributed by atoms with Gasteiger partial charge in [0.15, 0.2) is 0 Å². The van der Waals surface area contributed by atoms with E-state index in [1.165, 1.54) is 48.8 Å². The molecule has 1 atom stereocenters. The van der Waals surface area contributed by atoms with Crippen molar-refractivity contribution >= 4 is 10.9 Å². The summed E-state index contributed by atoms with van der Waals surface area (Å²) in [6, 6.07) is 16.3. The first-order chi connectivity index (χ1) is 16.6. The highest BCUT2D eigenvalue weighted by atomic mass is 16.3. The molecule has 4 rings (SSSR count). The second-order valence-electron chi connectivity index (χ2n) is 9.53. The molecular weight excluding hydrogens is 434 g/mol. The van der Waals surface area contributed by atoms with Crippen molar-refractivity contribution in [2.24, 2.45) is 5.92 Å². The zero-order valence-corrected chi connectivity index (χ0v) is 23.4. The van der Waals surface area contributed by atoms with Crippen LogP contribution in [0.25, 0.3) is 10.9 Å². The number of aliphatic hydroxyl groups excluding tert-OH is 2. The normalized spacial score (nSPS) is 14.7. The van der Waals surface area contributed by atoms with E-state index in [0.717, 1.165) is 29.6 Å². The number of fused-ring (bicyclic) bond motifs is 1. The number of rotatable bonds is 1. The Morgan fingerprint density at radius 3 is 1.94 bits per heavy atom. The van der Waals surface area contributed by atoms with Gasteiger partial charge in [0.25, 0.3) is 0 Å². The Labute approximate surface area is 214 Å². The van der Waals surface area contributed by atoms with Gasteiger partial charge in [-0.2, -0.15) is 5.10 Å². The van der Waals surface area contributed by atoms with E-state index >= 15 is 0 Å². The summed E-state index contributed by atoms with van der Waals surface area (Å²) in [5.74, 6) is 0.948. The van der Waals surface area contributed by atoms with Crippen molar-refractivity contribution in [3.63, 3.8) is 0 Å². The Kier molecular flexibility index (Phi) is 17.5. The van der Waals surface area contributed by atoms with Gasteiger partial charge in [-0.1, -0.05) is 79.1 Å². The van der Waals surface area contributed by atoms with Crippen molar-refractivity contribution in [1.29, 1.82) is 0 Å². The van der Waals surface area contributed by atoms with E-state index in [9.17, 15) is 0 Å². The zero-order valence-electron chi connectivity index (χ0n) is 23.4. The average Bonchev–Trinajstić information content (AvgIpc) is 3.04. The summed E-state index contributed by atoms with van der Waals surface area (Å²) in [5.41, 5.74) is 6.07. The topological polar surface area (TPSA) is 61.5 Å². The largest absolute Gasteiger partial charge is 0.400 e. The quantitative estimate of drug-likeness (QED) is 0.305. The highest BCUT2D eigenvalue weighted by Gasteiger charge is 2.08. The van der Waals surface area contributed by atoms with E-state index in [2.05, 4.69) is 56.7 Å². The Hall–Kier alpha value is -2.47. The fraction of sp³-hybridized carbons (Fsp3) is 0.500. The first kappa shape index (κ1) is 32.5. The highest BCUT2D eigenvalue weighted by Crippen LogP contribution is 2.24. The number of aromatic nitrogens is 2. The molecule has 2 N–H and O–H groups in total. The molecule has 3 aromatic rings. The lowest BCUT2D eigenvalue weighted by molar-refractivity contribution is 0.200. The Morgan fingerprint density at radius 2 is 1.43 bits per heavy atom. The lowest BCUT2D eigenvalue weighted by atomic mass is 10.0. The highest BCUT2D eigenvalue weighted by molar-refractivity contribution is 5.81. The second kappa shape index (κ2) is 18.8. The minimum atomic E-state index is -0.0612. The van der Waals surface area contributed by atoms with Gasteiger partial charge in [-0.15, -0.1) is 0 Å². The summed E-state index contributed by atoms with van der Waals surface area (Å²) in [4.78, 5) is 2.00. The van der Waals surface area contributed by atoms with Gasteiger partial charge in [-0.05, 0) is 79.6 Å². The summed E-state index contributed by atoms with van der Waals surface area (Å²) in [6.07, 6.45) is 6.73. The number of aryl methyl sites for hydroxylation is 3. The molecule has 0 aliphatic heterocycles. The third-order valence-corrected chi connectivity index (χ3v) is 5.41. The number of hydrogen-bond acceptors (Lipinski definition) is 4. The minimum Gasteiger partial charge on any atom is -0.400 e. The molecule has 1 fully saturated rings. The van der Waals surface area contributed by atoms with Crippen molar-refractivity contribution in [2.75, 3.05) is 28.3 Å². The molecule has 0 saturated heterocycles. The molecule has 1 aromatic heterocycles. The van der Waals surface area contributed by atoms with Crippen LogP contribution in [0.1, 0.15) is 55.8 Å². The standard InChI is InChI=1S/C9H10N2O.C9H16.C8H10.C3H9N.CH4O/c1-7-8-4-2-3-5-9(8)11(6-12)10-7;1-8-4-3-5-9(2)7-6-8;1-7-3-5-8(2)6-4-7;1-4(2)3;1-2/h2-5,12H,6H2,1H3;9H,1,3-7H2,2H3;3-6H,1-2H3;1-3H3;2H,1H3. The van der Waals surface area contributed by atoms with Gasteiger partial charge in [0, 0.05) is 12.5 Å². The molecule has 1 aliphatic rings. The molecule has 1 aliphatic carbocycles. The minimum absolute atomic E-state index is 0.0612. The Balaban J connectivity index is 0.000000454. The summed E-state index contributed by atoms with van der Waals surface area (Å²) in [5, 5.41) is 21.2. The predicted octanol–water partition coefficient (Wildman–Crippen LogP) is 6.53. The molecule has 0 spiro atoms. The molecule has 1 heterocycles. The first-order valence-corrected chi connectivity index (χ1v) is 12.4. The summed E-state index contributed by atoms with van der Waals surface area (Å²) >= 11 is 0. The number of para-hydroxylation sites is 1. The maximum Gasteiger partial charge on any atom is 0.136 e. The van der Waals surface area contributed by atoms with Gasteiger partial charge in [0.05, 0.1) is 11.2 Å². The SMILES string of the molecule is C=C1CCCC(C)CC1.CN(C)C.CO.Cc1ccc(C)cc1.Cc1nn(CO)c2ccccc12. The van der Waals surface area contributed by atoms with Gasteiger partial charge in [0.2, 0.25) is 0 Å². The van der Waals surface area contributed by atoms with Crippen molar-refractivity contribution in [3.05, 3.63) is 77.5 Å². The van der Waals surface area contributed by atoms with Crippen LogP contribution >= 0.6 is 0 Å². The third-order valence-electron chi connectivity index (χ3n) is 5.41. The maximum absolute atomic E-state index is 8.95. The van der Waals surface area contributed by atoms with Crippen LogP contribution in [-0.4, -0.2) is 53.1 Å². The lowest BCUT2D eigenvalue weighted by Crippen LogP contribution is -1.99. The fourth-order valence-electron chi connectivity index (χ4n) is 3.46. The first-order valence-electron chi connectivity index (χ1n) is 12.4. The predicted molar refractivity (Wildman–Crippen MR) is 152 cm³/mol. The van der Waals surface area contributed by atoms with Crippen molar-refractivity contribution in [3.8, 4) is 0 Å². The Bertz CT molecular complexity index is 922. The van der Waals surface area contributed by atoms with Crippen LogP contribution < -0.4 is 0 Å². The van der Waals surface area contributed by atoms with Gasteiger partial charge in [-0.3, -0.25) is 0 Å². The number of nitrogens with zero attached hydrogens (tertiary/aromatic N) is 3. The van der Waals surface area contributed by atoms with Gasteiger partial charge >= 0.3 is 0 Å². The fourth-order valence-corrected chi connectivity index (χ4v) is 3.46. The molecule has 1 saturated carbocycles. The second-order valence-corrected chi connectivity index (χ2v) is 9.53. The van der Waals surface area contributed by atoms with Crippen LogP contribution in [0.2, 0.25) is 0 Å². The van der Waals surface area contributed by atoms with E-state index in [1.54, 1.807) is 4.68 Å². The molecule has 0 radical (unpaired) electrons. The van der Waals surface area contributed by atoms with E-state index in [0.29, 0.717) is 0 Å². The molecule has 35 heavy (non-hydrogen) atoms. The van der Waals surface area contributed by atoms with Crippen molar-refractivity contribution < 1.29 is 10.2 Å².